The second-order valence-electron chi connectivity index (χ2n) is 3.80. The van der Waals surface area contributed by atoms with Crippen molar-refractivity contribution in [2.45, 2.75) is 6.42 Å². The standard InChI is InChI=1S/C12H11NO5/c14-5-4-8-2-1-3-9-12(8)18-7-10(15)13(9)6-11(16)17/h1-3,5H,4,6-7H2,(H,16,17). The van der Waals surface area contributed by atoms with Crippen molar-refractivity contribution in [2.75, 3.05) is 18.1 Å². The zero-order chi connectivity index (χ0) is 13.1. The molecule has 1 aliphatic rings. The highest BCUT2D eigenvalue weighted by atomic mass is 16.5. The van der Waals surface area contributed by atoms with E-state index in [1.54, 1.807) is 18.2 Å². The van der Waals surface area contributed by atoms with Crippen LogP contribution in [0, 0.1) is 0 Å². The maximum atomic E-state index is 11.6. The highest BCUT2D eigenvalue weighted by Crippen LogP contribution is 2.35. The van der Waals surface area contributed by atoms with Crippen LogP contribution in [0.2, 0.25) is 0 Å². The Hall–Kier alpha value is -2.37. The van der Waals surface area contributed by atoms with Crippen LogP contribution >= 0.6 is 0 Å². The lowest BCUT2D eigenvalue weighted by Gasteiger charge is -2.29. The largest absolute Gasteiger partial charge is 0.481 e. The molecule has 0 fully saturated rings. The molecule has 1 amide bonds. The number of benzene rings is 1. The molecule has 2 rings (SSSR count). The van der Waals surface area contributed by atoms with Crippen LogP contribution in [0.3, 0.4) is 0 Å². The van der Waals surface area contributed by atoms with E-state index in [1.165, 1.54) is 0 Å². The summed E-state index contributed by atoms with van der Waals surface area (Å²) in [6.07, 6.45) is 0.898. The molecular weight excluding hydrogens is 238 g/mol. The molecule has 0 aliphatic carbocycles. The van der Waals surface area contributed by atoms with E-state index in [0.717, 1.165) is 11.2 Å². The van der Waals surface area contributed by atoms with Gasteiger partial charge in [-0.25, -0.2) is 0 Å². The van der Waals surface area contributed by atoms with Gasteiger partial charge in [0, 0.05) is 12.0 Å². The Bertz CT molecular complexity index is 511. The number of para-hydroxylation sites is 1. The normalized spacial score (nSPS) is 13.8. The first-order valence-corrected chi connectivity index (χ1v) is 5.34. The fourth-order valence-electron chi connectivity index (χ4n) is 1.86. The molecule has 0 unspecified atom stereocenters. The summed E-state index contributed by atoms with van der Waals surface area (Å²) in [6, 6.07) is 4.97. The van der Waals surface area contributed by atoms with Gasteiger partial charge in [-0.05, 0) is 6.07 Å². The number of amides is 1. The van der Waals surface area contributed by atoms with Crippen molar-refractivity contribution in [3.05, 3.63) is 23.8 Å². The van der Waals surface area contributed by atoms with Gasteiger partial charge in [-0.3, -0.25) is 14.5 Å². The minimum Gasteiger partial charge on any atom is -0.481 e. The summed E-state index contributed by atoms with van der Waals surface area (Å²) in [5.74, 6) is -1.10. The van der Waals surface area contributed by atoms with Gasteiger partial charge in [0.15, 0.2) is 6.61 Å². The lowest BCUT2D eigenvalue weighted by molar-refractivity contribution is -0.137. The third-order valence-corrected chi connectivity index (χ3v) is 2.60. The van der Waals surface area contributed by atoms with E-state index in [9.17, 15) is 14.4 Å². The van der Waals surface area contributed by atoms with Gasteiger partial charge in [0.25, 0.3) is 5.91 Å². The maximum absolute atomic E-state index is 11.6. The minimum absolute atomic E-state index is 0.165. The van der Waals surface area contributed by atoms with Crippen molar-refractivity contribution < 1.29 is 24.2 Å². The summed E-state index contributed by atoms with van der Waals surface area (Å²) in [5, 5.41) is 8.79. The molecule has 1 aromatic carbocycles. The van der Waals surface area contributed by atoms with E-state index in [1.807, 2.05) is 0 Å². The number of carbonyl (C=O) groups is 3. The third-order valence-electron chi connectivity index (χ3n) is 2.60. The quantitative estimate of drug-likeness (QED) is 0.772. The fraction of sp³-hybridized carbons (Fsp3) is 0.250. The number of carboxylic acids is 1. The number of carbonyl (C=O) groups excluding carboxylic acids is 2. The zero-order valence-corrected chi connectivity index (χ0v) is 9.46. The number of rotatable bonds is 4. The van der Waals surface area contributed by atoms with Crippen molar-refractivity contribution in [1.29, 1.82) is 0 Å². The molecule has 94 valence electrons. The van der Waals surface area contributed by atoms with E-state index in [-0.39, 0.29) is 13.0 Å². The molecule has 0 bridgehead atoms. The fourth-order valence-corrected chi connectivity index (χ4v) is 1.86. The first-order valence-electron chi connectivity index (χ1n) is 5.34. The number of aliphatic carboxylic acids is 1. The van der Waals surface area contributed by atoms with Crippen molar-refractivity contribution in [3.8, 4) is 5.75 Å². The average Bonchev–Trinajstić information content (AvgIpc) is 2.33. The molecule has 0 spiro atoms. The van der Waals surface area contributed by atoms with Crippen LogP contribution < -0.4 is 9.64 Å². The Kier molecular flexibility index (Phi) is 3.27. The van der Waals surface area contributed by atoms with Gasteiger partial charge in [0.1, 0.15) is 18.6 Å². The molecule has 6 heteroatoms. The molecule has 0 saturated heterocycles. The Labute approximate surface area is 103 Å². The summed E-state index contributed by atoms with van der Waals surface area (Å²) in [7, 11) is 0. The number of hydrogen-bond acceptors (Lipinski definition) is 4. The van der Waals surface area contributed by atoms with Crippen molar-refractivity contribution in [3.63, 3.8) is 0 Å². The van der Waals surface area contributed by atoms with Gasteiger partial charge >= 0.3 is 5.97 Å². The van der Waals surface area contributed by atoms with Crippen LogP contribution in [0.1, 0.15) is 5.56 Å². The number of aldehydes is 1. The van der Waals surface area contributed by atoms with Crippen molar-refractivity contribution in [1.82, 2.24) is 0 Å². The van der Waals surface area contributed by atoms with E-state index >= 15 is 0 Å². The van der Waals surface area contributed by atoms with Gasteiger partial charge in [0.2, 0.25) is 0 Å². The molecule has 1 N–H and O–H groups in total. The van der Waals surface area contributed by atoms with E-state index < -0.39 is 18.4 Å². The van der Waals surface area contributed by atoms with Crippen LogP contribution in [-0.2, 0) is 20.8 Å². The number of carboxylic acid groups (broad SMARTS) is 1. The van der Waals surface area contributed by atoms with E-state index in [4.69, 9.17) is 9.84 Å². The Morgan fingerprint density at radius 1 is 1.50 bits per heavy atom. The highest BCUT2D eigenvalue weighted by Gasteiger charge is 2.28. The maximum Gasteiger partial charge on any atom is 0.323 e. The predicted molar refractivity (Wildman–Crippen MR) is 61.7 cm³/mol. The van der Waals surface area contributed by atoms with Gasteiger partial charge in [0.05, 0.1) is 5.69 Å². The molecule has 0 aromatic heterocycles. The monoisotopic (exact) mass is 249 g/mol. The molecule has 0 atom stereocenters. The highest BCUT2D eigenvalue weighted by molar-refractivity contribution is 6.01. The van der Waals surface area contributed by atoms with Crippen LogP contribution in [0.4, 0.5) is 5.69 Å². The summed E-state index contributed by atoms with van der Waals surface area (Å²) < 4.78 is 5.29. The summed E-state index contributed by atoms with van der Waals surface area (Å²) in [4.78, 5) is 34.1. The number of ether oxygens (including phenoxy) is 1. The molecule has 0 radical (unpaired) electrons. The molecule has 1 heterocycles. The Morgan fingerprint density at radius 2 is 2.28 bits per heavy atom. The van der Waals surface area contributed by atoms with Crippen LogP contribution in [0.5, 0.6) is 5.75 Å². The molecular formula is C12H11NO5. The Balaban J connectivity index is 2.43. The summed E-state index contributed by atoms with van der Waals surface area (Å²) in [5.41, 5.74) is 1.04. The minimum atomic E-state index is -1.10. The molecule has 0 saturated carbocycles. The topological polar surface area (TPSA) is 83.9 Å². The zero-order valence-electron chi connectivity index (χ0n) is 9.46. The van der Waals surface area contributed by atoms with E-state index in [0.29, 0.717) is 17.0 Å². The SMILES string of the molecule is O=CCc1cccc2c1OCC(=O)N2CC(=O)O. The lowest BCUT2D eigenvalue weighted by Crippen LogP contribution is -2.42. The predicted octanol–water partition coefficient (Wildman–Crippen LogP) is 0.238. The van der Waals surface area contributed by atoms with Crippen molar-refractivity contribution in [2.24, 2.45) is 0 Å². The lowest BCUT2D eigenvalue weighted by atomic mass is 10.1. The summed E-state index contributed by atoms with van der Waals surface area (Å²) in [6.45, 7) is -0.629. The number of anilines is 1. The molecule has 6 nitrogen and oxygen atoms in total. The number of hydrogen-bond donors (Lipinski definition) is 1. The van der Waals surface area contributed by atoms with Gasteiger partial charge in [-0.15, -0.1) is 0 Å². The third kappa shape index (κ3) is 2.17. The van der Waals surface area contributed by atoms with Crippen LogP contribution in [-0.4, -0.2) is 36.4 Å². The van der Waals surface area contributed by atoms with Crippen LogP contribution in [0.15, 0.2) is 18.2 Å². The number of nitrogens with zero attached hydrogens (tertiary/aromatic N) is 1. The Morgan fingerprint density at radius 3 is 2.94 bits per heavy atom. The van der Waals surface area contributed by atoms with Crippen molar-refractivity contribution >= 4 is 23.9 Å². The molecule has 1 aromatic rings. The van der Waals surface area contributed by atoms with E-state index in [2.05, 4.69) is 0 Å². The first kappa shape index (κ1) is 12.1. The van der Waals surface area contributed by atoms with Gasteiger partial charge in [-0.2, -0.15) is 0 Å². The van der Waals surface area contributed by atoms with Crippen LogP contribution in [0.25, 0.3) is 0 Å². The smallest absolute Gasteiger partial charge is 0.323 e. The van der Waals surface area contributed by atoms with Gasteiger partial charge in [-0.1, -0.05) is 12.1 Å². The second-order valence-corrected chi connectivity index (χ2v) is 3.80. The first-order chi connectivity index (χ1) is 8.63. The summed E-state index contributed by atoms with van der Waals surface area (Å²) >= 11 is 0. The molecule has 18 heavy (non-hydrogen) atoms. The second kappa shape index (κ2) is 4.87. The average molecular weight is 249 g/mol. The molecule has 1 aliphatic heterocycles. The number of fused-ring (bicyclic) bond motifs is 1. The van der Waals surface area contributed by atoms with Gasteiger partial charge < -0.3 is 14.6 Å².